The van der Waals surface area contributed by atoms with E-state index in [1.165, 1.54) is 12.1 Å². The lowest BCUT2D eigenvalue weighted by Gasteiger charge is -2.22. The van der Waals surface area contributed by atoms with Gasteiger partial charge < -0.3 is 14.5 Å². The number of carbonyl (C=O) groups excluding carboxylic acids is 2. The molecule has 8 nitrogen and oxygen atoms in total. The van der Waals surface area contributed by atoms with Crippen LogP contribution in [0, 0.1) is 19.6 Å². The fourth-order valence-corrected chi connectivity index (χ4v) is 3.16. The third kappa shape index (κ3) is 5.29. The third-order valence-electron chi connectivity index (χ3n) is 3.97. The zero-order chi connectivity index (χ0) is 19.3. The maximum Gasteiger partial charge on any atom is 0.409 e. The van der Waals surface area contributed by atoms with Crippen LogP contribution in [0.3, 0.4) is 0 Å². The molecule has 0 saturated carbocycles. The SMILES string of the molecule is CC(C)COC(=O)N1CCCN(C(=O)c2cc([N+](=O)[O-])ccc2I)CC1. The Labute approximate surface area is 165 Å². The molecule has 1 heterocycles. The molecule has 0 aliphatic carbocycles. The van der Waals surface area contributed by atoms with Crippen molar-refractivity contribution >= 4 is 40.3 Å². The third-order valence-corrected chi connectivity index (χ3v) is 4.91. The summed E-state index contributed by atoms with van der Waals surface area (Å²) in [6.07, 6.45) is 0.270. The summed E-state index contributed by atoms with van der Waals surface area (Å²) in [7, 11) is 0. The summed E-state index contributed by atoms with van der Waals surface area (Å²) < 4.78 is 5.91. The zero-order valence-electron chi connectivity index (χ0n) is 14.8. The van der Waals surface area contributed by atoms with Crippen LogP contribution in [0.15, 0.2) is 18.2 Å². The lowest BCUT2D eigenvalue weighted by Crippen LogP contribution is -2.38. The monoisotopic (exact) mass is 475 g/mol. The number of rotatable bonds is 4. The number of hydrogen-bond donors (Lipinski definition) is 0. The van der Waals surface area contributed by atoms with E-state index in [-0.39, 0.29) is 23.6 Å². The molecule has 0 N–H and O–H groups in total. The van der Waals surface area contributed by atoms with Gasteiger partial charge in [-0.05, 0) is 41.0 Å². The van der Waals surface area contributed by atoms with E-state index in [0.29, 0.717) is 48.3 Å². The molecule has 2 rings (SSSR count). The number of hydrogen-bond acceptors (Lipinski definition) is 5. The summed E-state index contributed by atoms with van der Waals surface area (Å²) in [6.45, 7) is 6.07. The highest BCUT2D eigenvalue weighted by Crippen LogP contribution is 2.21. The first-order valence-corrected chi connectivity index (χ1v) is 9.52. The van der Waals surface area contributed by atoms with Crippen LogP contribution in [0.5, 0.6) is 0 Å². The Hall–Kier alpha value is -1.91. The smallest absolute Gasteiger partial charge is 0.409 e. The Morgan fingerprint density at radius 2 is 1.88 bits per heavy atom. The summed E-state index contributed by atoms with van der Waals surface area (Å²) in [5.74, 6) is 0.00967. The van der Waals surface area contributed by atoms with Gasteiger partial charge in [0.25, 0.3) is 11.6 Å². The molecule has 1 aromatic carbocycles. The summed E-state index contributed by atoms with van der Waals surface area (Å²) in [4.78, 5) is 38.6. The number of benzene rings is 1. The van der Waals surface area contributed by atoms with Gasteiger partial charge in [-0.2, -0.15) is 0 Å². The van der Waals surface area contributed by atoms with Crippen molar-refractivity contribution in [1.82, 2.24) is 9.80 Å². The van der Waals surface area contributed by atoms with Crippen molar-refractivity contribution in [3.05, 3.63) is 37.4 Å². The van der Waals surface area contributed by atoms with Crippen molar-refractivity contribution in [1.29, 1.82) is 0 Å². The van der Waals surface area contributed by atoms with Gasteiger partial charge in [0.05, 0.1) is 17.1 Å². The molecule has 0 bridgehead atoms. The standard InChI is InChI=1S/C17H22IN3O5/c1-12(2)11-26-17(23)20-7-3-6-19(8-9-20)16(22)14-10-13(21(24)25)4-5-15(14)18/h4-5,10,12H,3,6-9,11H2,1-2H3. The molecular formula is C17H22IN3O5. The first-order chi connectivity index (χ1) is 12.3. The van der Waals surface area contributed by atoms with Crippen LogP contribution in [-0.4, -0.2) is 59.5 Å². The molecule has 0 aromatic heterocycles. The molecule has 1 aromatic rings. The van der Waals surface area contributed by atoms with E-state index < -0.39 is 4.92 Å². The molecule has 26 heavy (non-hydrogen) atoms. The largest absolute Gasteiger partial charge is 0.449 e. The van der Waals surface area contributed by atoms with Gasteiger partial charge >= 0.3 is 6.09 Å². The van der Waals surface area contributed by atoms with Gasteiger partial charge in [0.2, 0.25) is 0 Å². The Kier molecular flexibility index (Phi) is 7.18. The number of nitrogens with zero attached hydrogens (tertiary/aromatic N) is 3. The van der Waals surface area contributed by atoms with Gasteiger partial charge in [-0.3, -0.25) is 14.9 Å². The van der Waals surface area contributed by atoms with E-state index >= 15 is 0 Å². The first-order valence-electron chi connectivity index (χ1n) is 8.44. The van der Waals surface area contributed by atoms with E-state index in [0.717, 1.165) is 0 Å². The van der Waals surface area contributed by atoms with Crippen LogP contribution in [0.1, 0.15) is 30.6 Å². The highest BCUT2D eigenvalue weighted by atomic mass is 127. The van der Waals surface area contributed by atoms with E-state index in [2.05, 4.69) is 0 Å². The van der Waals surface area contributed by atoms with Crippen molar-refractivity contribution in [3.63, 3.8) is 0 Å². The minimum atomic E-state index is -0.512. The van der Waals surface area contributed by atoms with Crippen LogP contribution >= 0.6 is 22.6 Å². The second-order valence-corrected chi connectivity index (χ2v) is 7.69. The van der Waals surface area contributed by atoms with Crippen molar-refractivity contribution in [3.8, 4) is 0 Å². The molecule has 2 amide bonds. The second-order valence-electron chi connectivity index (χ2n) is 6.52. The predicted molar refractivity (Wildman–Crippen MR) is 104 cm³/mol. The average Bonchev–Trinajstić information content (AvgIpc) is 2.85. The normalized spacial score (nSPS) is 14.9. The van der Waals surface area contributed by atoms with Gasteiger partial charge in [-0.15, -0.1) is 0 Å². The number of non-ortho nitro benzene ring substituents is 1. The topological polar surface area (TPSA) is 93.0 Å². The van der Waals surface area contributed by atoms with Crippen molar-refractivity contribution in [2.24, 2.45) is 5.92 Å². The van der Waals surface area contributed by atoms with Gasteiger partial charge in [-0.25, -0.2) is 4.79 Å². The Balaban J connectivity index is 2.04. The molecule has 9 heteroatoms. The second kappa shape index (κ2) is 9.15. The van der Waals surface area contributed by atoms with Crippen molar-refractivity contribution in [2.45, 2.75) is 20.3 Å². The van der Waals surface area contributed by atoms with Gasteiger partial charge in [0.15, 0.2) is 0 Å². The number of carbonyl (C=O) groups is 2. The van der Waals surface area contributed by atoms with E-state index in [1.54, 1.807) is 15.9 Å². The maximum atomic E-state index is 12.8. The van der Waals surface area contributed by atoms with Gasteiger partial charge in [0, 0.05) is 41.9 Å². The fraction of sp³-hybridized carbons (Fsp3) is 0.529. The Bertz CT molecular complexity index is 695. The van der Waals surface area contributed by atoms with Crippen LogP contribution in [0.4, 0.5) is 10.5 Å². The first kappa shape index (κ1) is 20.4. The minimum Gasteiger partial charge on any atom is -0.449 e. The highest BCUT2D eigenvalue weighted by Gasteiger charge is 2.25. The van der Waals surface area contributed by atoms with E-state index in [1.807, 2.05) is 36.4 Å². The van der Waals surface area contributed by atoms with Gasteiger partial charge in [0.1, 0.15) is 0 Å². The van der Waals surface area contributed by atoms with Crippen molar-refractivity contribution in [2.75, 3.05) is 32.8 Å². The number of halogens is 1. The van der Waals surface area contributed by atoms with Crippen LogP contribution in [0.25, 0.3) is 0 Å². The molecule has 0 unspecified atom stereocenters. The predicted octanol–water partition coefficient (Wildman–Crippen LogP) is 3.14. The molecule has 1 saturated heterocycles. The molecule has 1 aliphatic rings. The molecule has 0 atom stereocenters. The summed E-state index contributed by atoms with van der Waals surface area (Å²) in [5, 5.41) is 11.0. The molecule has 0 radical (unpaired) electrons. The van der Waals surface area contributed by atoms with Crippen LogP contribution < -0.4 is 0 Å². The van der Waals surface area contributed by atoms with E-state index in [9.17, 15) is 19.7 Å². The molecular weight excluding hydrogens is 453 g/mol. The Morgan fingerprint density at radius 1 is 1.23 bits per heavy atom. The summed E-state index contributed by atoms with van der Waals surface area (Å²) >= 11 is 2.00. The number of amides is 2. The Morgan fingerprint density at radius 3 is 2.54 bits per heavy atom. The lowest BCUT2D eigenvalue weighted by atomic mass is 10.1. The molecule has 1 fully saturated rings. The number of nitro groups is 1. The quantitative estimate of drug-likeness (QED) is 0.379. The van der Waals surface area contributed by atoms with Crippen LogP contribution in [0.2, 0.25) is 0 Å². The van der Waals surface area contributed by atoms with E-state index in [4.69, 9.17) is 4.74 Å². The summed E-state index contributed by atoms with van der Waals surface area (Å²) in [5.41, 5.74) is 0.207. The lowest BCUT2D eigenvalue weighted by molar-refractivity contribution is -0.384. The maximum absolute atomic E-state index is 12.8. The number of ether oxygens (including phenoxy) is 1. The number of nitro benzene ring substituents is 1. The fourth-order valence-electron chi connectivity index (χ4n) is 2.59. The average molecular weight is 475 g/mol. The molecule has 0 spiro atoms. The van der Waals surface area contributed by atoms with Crippen molar-refractivity contribution < 1.29 is 19.2 Å². The minimum absolute atomic E-state index is 0.109. The zero-order valence-corrected chi connectivity index (χ0v) is 17.0. The summed E-state index contributed by atoms with van der Waals surface area (Å²) in [6, 6.07) is 4.26. The highest BCUT2D eigenvalue weighted by molar-refractivity contribution is 14.1. The van der Waals surface area contributed by atoms with Crippen LogP contribution in [-0.2, 0) is 4.74 Å². The van der Waals surface area contributed by atoms with Gasteiger partial charge in [-0.1, -0.05) is 13.8 Å². The molecule has 1 aliphatic heterocycles. The molecule has 142 valence electrons.